The number of ether oxygens (including phenoxy) is 2. The van der Waals surface area contributed by atoms with Gasteiger partial charge in [-0.2, -0.15) is 0 Å². The van der Waals surface area contributed by atoms with E-state index in [9.17, 15) is 14.7 Å². The molecule has 3 N–H and O–H groups in total. The third-order valence-electron chi connectivity index (χ3n) is 8.59. The first-order valence-electron chi connectivity index (χ1n) is 13.6. The number of anilines is 1. The number of fused-ring (bicyclic) bond motifs is 1. The number of carbonyl (C=O) groups is 2. The number of halogens is 1. The number of oxazole rings is 1. The molecule has 2 saturated heterocycles. The highest BCUT2D eigenvalue weighted by molar-refractivity contribution is 14.1. The van der Waals surface area contributed by atoms with E-state index >= 15 is 0 Å². The number of nitrogens with zero attached hydrogens (tertiary/aromatic N) is 1. The largest absolute Gasteiger partial charge is 0.478 e. The fourth-order valence-electron chi connectivity index (χ4n) is 6.30. The van der Waals surface area contributed by atoms with E-state index in [1.807, 2.05) is 19.2 Å². The second kappa shape index (κ2) is 10.9. The van der Waals surface area contributed by atoms with Crippen molar-refractivity contribution in [2.75, 3.05) is 12.4 Å². The maximum absolute atomic E-state index is 13.3. The Morgan fingerprint density at radius 3 is 2.69 bits per heavy atom. The molecule has 1 aromatic carbocycles. The molecular formula is C29H36IN3O6. The quantitative estimate of drug-likeness (QED) is 0.206. The summed E-state index contributed by atoms with van der Waals surface area (Å²) in [5.41, 5.74) is 1.94. The molecule has 9 nitrogen and oxygen atoms in total. The lowest BCUT2D eigenvalue weighted by molar-refractivity contribution is -0.355. The van der Waals surface area contributed by atoms with Gasteiger partial charge in [0, 0.05) is 35.1 Å². The van der Waals surface area contributed by atoms with Crippen LogP contribution in [0.25, 0.3) is 11.1 Å². The zero-order valence-corrected chi connectivity index (χ0v) is 25.1. The van der Waals surface area contributed by atoms with E-state index in [0.717, 1.165) is 22.8 Å². The number of hydrogen-bond donors (Lipinski definition) is 3. The second-order valence-electron chi connectivity index (χ2n) is 11.3. The molecule has 4 heterocycles. The average Bonchev–Trinajstić information content (AvgIpc) is 3.52. The first-order chi connectivity index (χ1) is 18.5. The molecule has 0 aliphatic carbocycles. The van der Waals surface area contributed by atoms with E-state index < -0.39 is 11.8 Å². The van der Waals surface area contributed by atoms with Crippen LogP contribution in [0.3, 0.4) is 0 Å². The van der Waals surface area contributed by atoms with Gasteiger partial charge in [0.2, 0.25) is 0 Å². The zero-order chi connectivity index (χ0) is 28.1. The molecule has 0 radical (unpaired) electrons. The molecule has 5 rings (SSSR count). The number of aromatic carboxylic acids is 1. The third kappa shape index (κ3) is 5.22. The minimum absolute atomic E-state index is 0.0434. The van der Waals surface area contributed by atoms with Crippen LogP contribution in [-0.4, -0.2) is 51.9 Å². The van der Waals surface area contributed by atoms with Crippen molar-refractivity contribution in [2.45, 2.75) is 71.4 Å². The van der Waals surface area contributed by atoms with Gasteiger partial charge in [-0.25, -0.2) is 9.78 Å². The first-order valence-corrected chi connectivity index (χ1v) is 14.7. The van der Waals surface area contributed by atoms with E-state index in [4.69, 9.17) is 13.9 Å². The Bertz CT molecular complexity index is 1380. The molecule has 1 spiro atoms. The third-order valence-corrected chi connectivity index (χ3v) is 9.21. The van der Waals surface area contributed by atoms with Gasteiger partial charge in [0.1, 0.15) is 11.1 Å². The first kappa shape index (κ1) is 28.1. The van der Waals surface area contributed by atoms with Gasteiger partial charge in [0.25, 0.3) is 0 Å². The van der Waals surface area contributed by atoms with Crippen LogP contribution in [-0.2, 0) is 15.9 Å². The van der Waals surface area contributed by atoms with E-state index in [0.29, 0.717) is 34.8 Å². The molecule has 0 amide bonds. The van der Waals surface area contributed by atoms with Gasteiger partial charge in [-0.15, -0.1) is 0 Å². The summed E-state index contributed by atoms with van der Waals surface area (Å²) in [4.78, 5) is 32.9. The smallest absolute Gasteiger partial charge is 0.340 e. The minimum Gasteiger partial charge on any atom is -0.478 e. The second-order valence-corrected chi connectivity index (χ2v) is 12.5. The molecule has 0 bridgehead atoms. The van der Waals surface area contributed by atoms with Gasteiger partial charge in [-0.3, -0.25) is 4.79 Å². The van der Waals surface area contributed by atoms with Crippen LogP contribution < -0.4 is 5.32 Å². The number of hydrogen-bond acceptors (Lipinski definition) is 7. The lowest BCUT2D eigenvalue weighted by atomic mass is 9.75. The van der Waals surface area contributed by atoms with E-state index in [1.54, 1.807) is 19.2 Å². The maximum atomic E-state index is 13.3. The maximum Gasteiger partial charge on any atom is 0.340 e. The highest BCUT2D eigenvalue weighted by Gasteiger charge is 2.52. The van der Waals surface area contributed by atoms with Crippen molar-refractivity contribution in [1.82, 2.24) is 9.97 Å². The van der Waals surface area contributed by atoms with Gasteiger partial charge in [0.15, 0.2) is 23.0 Å². The standard InChI is InChI=1S/C29H36IN3O6/c1-14-8-9-29(16(3)10-15(2)27(39-29)17(4)26(34)20-11-18(30)13-32-20)38-22(14)12-23-33-25-21(37-23)7-6-19(31-5)24(25)28(35)36/h6-7,11,13-17,22,27,31-32H,8-10,12H2,1-5H3,(H,35,36). The summed E-state index contributed by atoms with van der Waals surface area (Å²) in [6, 6.07) is 5.29. The summed E-state index contributed by atoms with van der Waals surface area (Å²) < 4.78 is 20.6. The van der Waals surface area contributed by atoms with E-state index in [2.05, 4.69) is 58.6 Å². The number of aromatic nitrogens is 2. The van der Waals surface area contributed by atoms with Crippen molar-refractivity contribution in [3.63, 3.8) is 0 Å². The molecule has 0 saturated carbocycles. The number of carboxylic acid groups (broad SMARTS) is 1. The minimum atomic E-state index is -1.06. The van der Waals surface area contributed by atoms with Crippen LogP contribution in [0.1, 0.15) is 73.7 Å². The Morgan fingerprint density at radius 2 is 2.03 bits per heavy atom. The molecule has 210 valence electrons. The molecule has 10 heteroatoms. The summed E-state index contributed by atoms with van der Waals surface area (Å²) >= 11 is 2.19. The summed E-state index contributed by atoms with van der Waals surface area (Å²) in [7, 11) is 1.68. The number of nitrogens with one attached hydrogen (secondary N) is 2. The fourth-order valence-corrected chi connectivity index (χ4v) is 6.76. The summed E-state index contributed by atoms with van der Waals surface area (Å²) in [6.45, 7) is 8.41. The van der Waals surface area contributed by atoms with Crippen LogP contribution in [0, 0.1) is 27.2 Å². The molecular weight excluding hydrogens is 613 g/mol. The van der Waals surface area contributed by atoms with Crippen LogP contribution in [0.4, 0.5) is 5.69 Å². The Morgan fingerprint density at radius 1 is 1.26 bits per heavy atom. The van der Waals surface area contributed by atoms with Gasteiger partial charge in [-0.05, 0) is 65.5 Å². The molecule has 3 aromatic rings. The SMILES string of the molecule is CNc1ccc2oc(CC3OC4(CCC3C)OC(C(C)C(=O)c3cc(I)c[nH]3)C(C)CC4C)nc2c1C(=O)O. The Hall–Kier alpha value is -2.44. The molecule has 7 atom stereocenters. The van der Waals surface area contributed by atoms with Crippen molar-refractivity contribution in [1.29, 1.82) is 0 Å². The van der Waals surface area contributed by atoms with Crippen LogP contribution in [0.2, 0.25) is 0 Å². The molecule has 2 aliphatic heterocycles. The molecule has 7 unspecified atom stereocenters. The lowest BCUT2D eigenvalue weighted by Gasteiger charge is -2.53. The Kier molecular flexibility index (Phi) is 7.82. The van der Waals surface area contributed by atoms with E-state index in [-0.39, 0.29) is 47.2 Å². The zero-order valence-electron chi connectivity index (χ0n) is 22.9. The highest BCUT2D eigenvalue weighted by Crippen LogP contribution is 2.48. The average molecular weight is 650 g/mol. The number of carboxylic acids is 1. The number of aromatic amines is 1. The summed E-state index contributed by atoms with van der Waals surface area (Å²) in [5.74, 6) is -1.13. The van der Waals surface area contributed by atoms with Gasteiger partial charge in [0.05, 0.1) is 30.0 Å². The van der Waals surface area contributed by atoms with Crippen LogP contribution in [0.15, 0.2) is 28.8 Å². The number of H-pyrrole nitrogens is 1. The Labute approximate surface area is 241 Å². The summed E-state index contributed by atoms with van der Waals surface area (Å²) in [6.07, 6.45) is 4.27. The number of benzene rings is 1. The highest BCUT2D eigenvalue weighted by atomic mass is 127. The fraction of sp³-hybridized carbons (Fsp3) is 0.552. The molecule has 2 fully saturated rings. The Balaban J connectivity index is 1.38. The van der Waals surface area contributed by atoms with Crippen molar-refractivity contribution < 1.29 is 28.6 Å². The predicted molar refractivity (Wildman–Crippen MR) is 155 cm³/mol. The number of ketones is 1. The number of rotatable bonds is 7. The molecule has 39 heavy (non-hydrogen) atoms. The summed E-state index contributed by atoms with van der Waals surface area (Å²) in [5, 5.41) is 12.7. The van der Waals surface area contributed by atoms with Gasteiger partial charge < -0.3 is 29.3 Å². The van der Waals surface area contributed by atoms with Gasteiger partial charge >= 0.3 is 5.97 Å². The van der Waals surface area contributed by atoms with Crippen molar-refractivity contribution in [3.05, 3.63) is 45.1 Å². The van der Waals surface area contributed by atoms with Crippen molar-refractivity contribution in [3.8, 4) is 0 Å². The molecule has 2 aliphatic rings. The topological polar surface area (TPSA) is 127 Å². The normalized spacial score (nSPS) is 29.9. The van der Waals surface area contributed by atoms with Crippen LogP contribution >= 0.6 is 22.6 Å². The van der Waals surface area contributed by atoms with Gasteiger partial charge in [-0.1, -0.05) is 27.7 Å². The lowest BCUT2D eigenvalue weighted by Crippen LogP contribution is -2.58. The monoisotopic (exact) mass is 649 g/mol. The number of carbonyl (C=O) groups excluding carboxylic acids is 1. The molecule has 2 aromatic heterocycles. The van der Waals surface area contributed by atoms with Crippen molar-refractivity contribution in [2.24, 2.45) is 23.7 Å². The van der Waals surface area contributed by atoms with Crippen molar-refractivity contribution >= 4 is 51.1 Å². The van der Waals surface area contributed by atoms with E-state index in [1.165, 1.54) is 0 Å². The van der Waals surface area contributed by atoms with Crippen LogP contribution in [0.5, 0.6) is 0 Å². The number of Topliss-reactive ketones (excluding diaryl/α,β-unsaturated/α-hetero) is 1. The predicted octanol–water partition coefficient (Wildman–Crippen LogP) is 6.13.